The predicted octanol–water partition coefficient (Wildman–Crippen LogP) is 17.4. The lowest BCUT2D eigenvalue weighted by atomic mass is 10.1. The van der Waals surface area contributed by atoms with Crippen LogP contribution in [0.15, 0.2) is 182 Å². The van der Waals surface area contributed by atoms with Gasteiger partial charge in [-0.05, 0) is 135 Å². The molecule has 2 atom stereocenters. The van der Waals surface area contributed by atoms with E-state index in [9.17, 15) is 19.0 Å². The molecule has 0 spiro atoms. The highest BCUT2D eigenvalue weighted by Crippen LogP contribution is 2.38. The lowest BCUT2D eigenvalue weighted by Gasteiger charge is -2.28. The van der Waals surface area contributed by atoms with E-state index < -0.39 is 32.5 Å². The fourth-order valence-electron chi connectivity index (χ4n) is 6.59. The zero-order valence-electron chi connectivity index (χ0n) is 47.9. The number of carbonyl (C=O) groups is 2. The molecule has 9 nitrogen and oxygen atoms in total. The van der Waals surface area contributed by atoms with Crippen molar-refractivity contribution in [2.75, 3.05) is 47.5 Å². The predicted molar refractivity (Wildman–Crippen MR) is 323 cm³/mol. The Morgan fingerprint density at radius 1 is 0.408 bits per heavy atom. The van der Waals surface area contributed by atoms with E-state index in [-0.39, 0.29) is 26.1 Å². The quantitative estimate of drug-likeness (QED) is 0.0195. The second kappa shape index (κ2) is 54.9. The molecule has 76 heavy (non-hydrogen) atoms. The summed E-state index contributed by atoms with van der Waals surface area (Å²) in [5.74, 6) is -0.940. The number of esters is 2. The molecule has 0 fully saturated rings. The molecule has 0 rings (SSSR count). The van der Waals surface area contributed by atoms with Crippen molar-refractivity contribution in [2.24, 2.45) is 0 Å². The van der Waals surface area contributed by atoms with Crippen molar-refractivity contribution in [2.45, 2.75) is 174 Å². The van der Waals surface area contributed by atoms with Crippen LogP contribution in [0.3, 0.4) is 0 Å². The van der Waals surface area contributed by atoms with Gasteiger partial charge in [0.1, 0.15) is 19.8 Å². The first kappa shape index (κ1) is 71.1. The summed E-state index contributed by atoms with van der Waals surface area (Å²) < 4.78 is 33.9. The highest BCUT2D eigenvalue weighted by atomic mass is 31.2. The topological polar surface area (TPSA) is 111 Å². The number of nitrogens with zero attached hydrogens (tertiary/aromatic N) is 1. The third kappa shape index (κ3) is 58.4. The van der Waals surface area contributed by atoms with Crippen molar-refractivity contribution in [1.29, 1.82) is 0 Å². The van der Waals surface area contributed by atoms with Crippen LogP contribution in [0.1, 0.15) is 168 Å². The molecule has 0 aliphatic carbocycles. The summed E-state index contributed by atoms with van der Waals surface area (Å²) in [4.78, 5) is 37.7. The number of unbranched alkanes of at least 4 members (excludes halogenated alkanes) is 5. The minimum absolute atomic E-state index is 0.0552. The minimum atomic E-state index is -4.66. The summed E-state index contributed by atoms with van der Waals surface area (Å²) in [6, 6.07) is 0. The van der Waals surface area contributed by atoms with Gasteiger partial charge in [0.2, 0.25) is 0 Å². The third-order valence-electron chi connectivity index (χ3n) is 10.9. The molecule has 0 heterocycles. The van der Waals surface area contributed by atoms with E-state index in [4.69, 9.17) is 18.5 Å². The smallest absolute Gasteiger partial charge is 0.306 e. The maximum absolute atomic E-state index is 12.7. The fourth-order valence-corrected chi connectivity index (χ4v) is 7.32. The number of hydrogen-bond acceptors (Lipinski definition) is 8. The van der Waals surface area contributed by atoms with Gasteiger partial charge in [0.25, 0.3) is 7.82 Å². The van der Waals surface area contributed by atoms with Crippen molar-refractivity contribution >= 4 is 19.8 Å². The number of carbonyl (C=O) groups excluding carboxylic acids is 2. The van der Waals surface area contributed by atoms with E-state index in [0.29, 0.717) is 23.9 Å². The molecule has 0 saturated carbocycles. The normalized spacial score (nSPS) is 14.7. The Morgan fingerprint density at radius 2 is 0.711 bits per heavy atom. The number of phosphoric acid groups is 1. The third-order valence-corrected chi connectivity index (χ3v) is 11.9. The summed E-state index contributed by atoms with van der Waals surface area (Å²) in [5, 5.41) is 0. The monoisotopic (exact) mass is 1070 g/mol. The van der Waals surface area contributed by atoms with Crippen molar-refractivity contribution in [3.05, 3.63) is 182 Å². The van der Waals surface area contributed by atoms with Gasteiger partial charge in [0, 0.05) is 12.8 Å². The molecule has 2 unspecified atom stereocenters. The summed E-state index contributed by atoms with van der Waals surface area (Å²) in [6.45, 7) is 3.87. The largest absolute Gasteiger partial charge is 0.756 e. The Bertz CT molecular complexity index is 1930. The molecule has 0 radical (unpaired) electrons. The molecule has 424 valence electrons. The van der Waals surface area contributed by atoms with Crippen LogP contribution in [0.5, 0.6) is 0 Å². The van der Waals surface area contributed by atoms with Crippen LogP contribution >= 0.6 is 7.82 Å². The number of rotatable bonds is 49. The maximum Gasteiger partial charge on any atom is 0.306 e. The molecule has 0 saturated heterocycles. The van der Waals surface area contributed by atoms with Gasteiger partial charge in [-0.3, -0.25) is 14.2 Å². The SMILES string of the molecule is CC/C=C\C/C=C\C/C=C\C/C=C\C/C=C\C/C=C\C/C=C\C/C=C\C/C=C\C/C=C\C/C=C\C/C=C\CCCCC(=O)OC(COC(=O)CCCCC/C=C\C/C=C\C/C=C\CC)COP(=O)([O-])OCC[N+](C)(C)C. The molecular weight excluding hydrogens is 966 g/mol. The maximum atomic E-state index is 12.7. The van der Waals surface area contributed by atoms with Gasteiger partial charge in [-0.25, -0.2) is 0 Å². The Balaban J connectivity index is 4.27. The van der Waals surface area contributed by atoms with Crippen LogP contribution < -0.4 is 4.89 Å². The molecule has 0 aliphatic heterocycles. The van der Waals surface area contributed by atoms with E-state index in [0.717, 1.165) is 128 Å². The molecule has 0 aromatic rings. The summed E-state index contributed by atoms with van der Waals surface area (Å²) in [5.41, 5.74) is 0. The fraction of sp³-hybridized carbons (Fsp3) is 0.515. The van der Waals surface area contributed by atoms with Gasteiger partial charge >= 0.3 is 11.9 Å². The Hall–Kier alpha value is -4.89. The van der Waals surface area contributed by atoms with Gasteiger partial charge in [-0.2, -0.15) is 0 Å². The van der Waals surface area contributed by atoms with Gasteiger partial charge in [0.15, 0.2) is 6.10 Å². The van der Waals surface area contributed by atoms with E-state index >= 15 is 0 Å². The van der Waals surface area contributed by atoms with E-state index in [1.807, 2.05) is 21.1 Å². The van der Waals surface area contributed by atoms with Crippen molar-refractivity contribution in [3.63, 3.8) is 0 Å². The van der Waals surface area contributed by atoms with Gasteiger partial charge < -0.3 is 27.9 Å². The van der Waals surface area contributed by atoms with Crippen LogP contribution in [0.25, 0.3) is 0 Å². The molecule has 0 amide bonds. The molecule has 0 bridgehead atoms. The lowest BCUT2D eigenvalue weighted by molar-refractivity contribution is -0.870. The number of ether oxygens (including phenoxy) is 2. The Morgan fingerprint density at radius 3 is 1.05 bits per heavy atom. The van der Waals surface area contributed by atoms with Crippen LogP contribution in [0, 0.1) is 0 Å². The van der Waals surface area contributed by atoms with Crippen LogP contribution in [-0.4, -0.2) is 70.0 Å². The van der Waals surface area contributed by atoms with Crippen LogP contribution in [-0.2, 0) is 32.7 Å². The molecule has 0 aliphatic rings. The lowest BCUT2D eigenvalue weighted by Crippen LogP contribution is -2.37. The van der Waals surface area contributed by atoms with Crippen molar-refractivity contribution in [1.82, 2.24) is 0 Å². The highest BCUT2D eigenvalue weighted by Gasteiger charge is 2.21. The standard InChI is InChI=1S/C66H102NO8P/c1-6-8-10-12-14-16-18-20-21-22-23-24-25-26-27-28-29-30-31-32-33-34-35-36-37-38-39-40-41-42-43-44-45-47-49-51-53-55-57-59-66(69)75-64(63-74-76(70,71)73-61-60-67(3,4)5)62-72-65(68)58-56-54-52-50-48-46-19-17-15-13-11-9-7-2/h8-11,14-17,20-21,23-24,26-27,29-30,32-33,35-36,38-39,41-42,44-46,48-49,51,64H,6-7,12-13,18-19,22,25,28,31,34,37,40,43,47,50,52-63H2,1-5H3/b10-8-,11-9-,16-14-,17-15-,21-20-,24-23-,27-26-,30-29-,33-32-,36-35-,39-38-,42-41-,45-44-,48-46-,51-49-. The first-order valence-corrected chi connectivity index (χ1v) is 30.0. The minimum Gasteiger partial charge on any atom is -0.756 e. The van der Waals surface area contributed by atoms with E-state index in [1.54, 1.807) is 0 Å². The van der Waals surface area contributed by atoms with Gasteiger partial charge in [0.05, 0.1) is 27.7 Å². The van der Waals surface area contributed by atoms with Crippen LogP contribution in [0.4, 0.5) is 0 Å². The van der Waals surface area contributed by atoms with Crippen molar-refractivity contribution in [3.8, 4) is 0 Å². The second-order valence-corrected chi connectivity index (χ2v) is 20.6. The number of quaternary nitrogens is 1. The number of allylic oxidation sites excluding steroid dienone is 30. The van der Waals surface area contributed by atoms with Crippen LogP contribution in [0.2, 0.25) is 0 Å². The van der Waals surface area contributed by atoms with Gasteiger partial charge in [-0.1, -0.05) is 203 Å². The zero-order chi connectivity index (χ0) is 55.6. The summed E-state index contributed by atoms with van der Waals surface area (Å²) in [7, 11) is 1.09. The highest BCUT2D eigenvalue weighted by molar-refractivity contribution is 7.45. The van der Waals surface area contributed by atoms with E-state index in [2.05, 4.69) is 196 Å². The van der Waals surface area contributed by atoms with Crippen molar-refractivity contribution < 1.29 is 42.1 Å². The Kier molecular flexibility index (Phi) is 51.4. The molecule has 0 N–H and O–H groups in total. The number of phosphoric ester groups is 1. The first-order chi connectivity index (χ1) is 37.0. The average Bonchev–Trinajstić information content (AvgIpc) is 3.38. The summed E-state index contributed by atoms with van der Waals surface area (Å²) >= 11 is 0. The first-order valence-electron chi connectivity index (χ1n) is 28.5. The molecule has 0 aromatic heterocycles. The molecular formula is C66H102NO8P. The average molecular weight is 1070 g/mol. The molecule has 0 aromatic carbocycles. The van der Waals surface area contributed by atoms with Gasteiger partial charge in [-0.15, -0.1) is 0 Å². The molecule has 10 heteroatoms. The number of likely N-dealkylation sites (N-methyl/N-ethyl adjacent to an activating group) is 1. The second-order valence-electron chi connectivity index (χ2n) is 19.2. The van der Waals surface area contributed by atoms with E-state index in [1.165, 1.54) is 0 Å². The summed E-state index contributed by atoms with van der Waals surface area (Å²) in [6.07, 6.45) is 85.3. The Labute approximate surface area is 463 Å². The zero-order valence-corrected chi connectivity index (χ0v) is 48.8. The number of hydrogen-bond donors (Lipinski definition) is 0.